The van der Waals surface area contributed by atoms with Gasteiger partial charge >= 0.3 is 6.03 Å². The van der Waals surface area contributed by atoms with Crippen LogP contribution in [0.1, 0.15) is 39.5 Å². The fourth-order valence-electron chi connectivity index (χ4n) is 2.11. The molecule has 0 aromatic carbocycles. The van der Waals surface area contributed by atoms with Crippen LogP contribution in [0.2, 0.25) is 0 Å². The molecule has 7 heteroatoms. The van der Waals surface area contributed by atoms with E-state index in [1.165, 1.54) is 0 Å². The Balaban J connectivity index is 2.67. The van der Waals surface area contributed by atoms with Crippen molar-refractivity contribution in [3.63, 3.8) is 0 Å². The third kappa shape index (κ3) is 4.72. The number of amides is 4. The minimum Gasteiger partial charge on any atom is -0.385 e. The lowest BCUT2D eigenvalue weighted by molar-refractivity contribution is -0.118. The van der Waals surface area contributed by atoms with Crippen molar-refractivity contribution >= 4 is 17.8 Å². The average molecular weight is 278 g/mol. The SMILES string of the molecule is CC(=O)NC(=O)NC(=O)/C(C#N)=C(/C)NC1CCCC1. The average Bonchev–Trinajstić information content (AvgIpc) is 2.81. The number of carbonyl (C=O) groups excluding carboxylic acids is 3. The second-order valence-electron chi connectivity index (χ2n) is 4.70. The molecule has 0 spiro atoms. The molecule has 0 unspecified atom stereocenters. The summed E-state index contributed by atoms with van der Waals surface area (Å²) < 4.78 is 0. The molecular formula is C13H18N4O3. The third-order valence-electron chi connectivity index (χ3n) is 3.01. The van der Waals surface area contributed by atoms with Crippen LogP contribution in [0.5, 0.6) is 0 Å². The normalized spacial score (nSPS) is 15.8. The van der Waals surface area contributed by atoms with E-state index in [0.29, 0.717) is 5.70 Å². The lowest BCUT2D eigenvalue weighted by Gasteiger charge is -2.15. The zero-order valence-electron chi connectivity index (χ0n) is 11.6. The number of imide groups is 2. The molecule has 20 heavy (non-hydrogen) atoms. The maximum atomic E-state index is 11.8. The molecule has 4 amide bonds. The number of rotatable bonds is 3. The van der Waals surface area contributed by atoms with Crippen molar-refractivity contribution in [1.29, 1.82) is 5.26 Å². The van der Waals surface area contributed by atoms with Crippen molar-refractivity contribution in [2.24, 2.45) is 0 Å². The summed E-state index contributed by atoms with van der Waals surface area (Å²) in [5.41, 5.74) is 0.281. The molecule has 0 aromatic rings. The number of allylic oxidation sites excluding steroid dienone is 1. The molecule has 0 aliphatic heterocycles. The third-order valence-corrected chi connectivity index (χ3v) is 3.01. The predicted molar refractivity (Wildman–Crippen MR) is 71.1 cm³/mol. The molecule has 108 valence electrons. The summed E-state index contributed by atoms with van der Waals surface area (Å²) >= 11 is 0. The number of nitriles is 1. The van der Waals surface area contributed by atoms with Crippen molar-refractivity contribution in [1.82, 2.24) is 16.0 Å². The van der Waals surface area contributed by atoms with E-state index < -0.39 is 17.8 Å². The second-order valence-corrected chi connectivity index (χ2v) is 4.70. The maximum Gasteiger partial charge on any atom is 0.328 e. The quantitative estimate of drug-likeness (QED) is 0.519. The Morgan fingerprint density at radius 3 is 2.20 bits per heavy atom. The van der Waals surface area contributed by atoms with Gasteiger partial charge in [0.15, 0.2) is 0 Å². The molecule has 0 atom stereocenters. The van der Waals surface area contributed by atoms with Gasteiger partial charge in [0, 0.05) is 18.7 Å². The van der Waals surface area contributed by atoms with Gasteiger partial charge in [0.2, 0.25) is 5.91 Å². The fraction of sp³-hybridized carbons (Fsp3) is 0.538. The Morgan fingerprint density at radius 2 is 1.70 bits per heavy atom. The highest BCUT2D eigenvalue weighted by Gasteiger charge is 2.20. The van der Waals surface area contributed by atoms with E-state index in [2.05, 4.69) is 5.32 Å². The largest absolute Gasteiger partial charge is 0.385 e. The zero-order chi connectivity index (χ0) is 15.1. The van der Waals surface area contributed by atoms with Crippen molar-refractivity contribution in [3.05, 3.63) is 11.3 Å². The van der Waals surface area contributed by atoms with Gasteiger partial charge in [0.25, 0.3) is 5.91 Å². The van der Waals surface area contributed by atoms with Crippen LogP contribution in [0.15, 0.2) is 11.3 Å². The number of nitrogens with one attached hydrogen (secondary N) is 3. The predicted octanol–water partition coefficient (Wildman–Crippen LogP) is 0.688. The van der Waals surface area contributed by atoms with E-state index >= 15 is 0 Å². The summed E-state index contributed by atoms with van der Waals surface area (Å²) in [5, 5.41) is 16.0. The van der Waals surface area contributed by atoms with E-state index in [0.717, 1.165) is 32.6 Å². The highest BCUT2D eigenvalue weighted by molar-refractivity contribution is 6.09. The first kappa shape index (κ1) is 15.7. The highest BCUT2D eigenvalue weighted by atomic mass is 16.2. The molecule has 1 saturated carbocycles. The first-order valence-electron chi connectivity index (χ1n) is 6.44. The van der Waals surface area contributed by atoms with Gasteiger partial charge in [0.05, 0.1) is 0 Å². The molecule has 0 aromatic heterocycles. The molecule has 1 rings (SSSR count). The highest BCUT2D eigenvalue weighted by Crippen LogP contribution is 2.19. The van der Waals surface area contributed by atoms with E-state index in [9.17, 15) is 14.4 Å². The Bertz CT molecular complexity index is 484. The monoisotopic (exact) mass is 278 g/mol. The van der Waals surface area contributed by atoms with E-state index in [1.807, 2.05) is 10.6 Å². The molecule has 7 nitrogen and oxygen atoms in total. The van der Waals surface area contributed by atoms with Gasteiger partial charge in [-0.15, -0.1) is 0 Å². The molecule has 0 saturated heterocycles. The van der Waals surface area contributed by atoms with Gasteiger partial charge < -0.3 is 5.32 Å². The number of nitrogens with zero attached hydrogens (tertiary/aromatic N) is 1. The minimum absolute atomic E-state index is 0.157. The summed E-state index contributed by atoms with van der Waals surface area (Å²) in [6.07, 6.45) is 4.26. The first-order valence-corrected chi connectivity index (χ1v) is 6.44. The Kier molecular flexibility index (Phi) is 5.72. The van der Waals surface area contributed by atoms with Crippen LogP contribution >= 0.6 is 0 Å². The summed E-state index contributed by atoms with van der Waals surface area (Å²) in [6, 6.07) is 1.09. The lowest BCUT2D eigenvalue weighted by Crippen LogP contribution is -2.42. The van der Waals surface area contributed by atoms with Gasteiger partial charge in [-0.05, 0) is 19.8 Å². The fourth-order valence-corrected chi connectivity index (χ4v) is 2.11. The zero-order valence-corrected chi connectivity index (χ0v) is 11.6. The molecule has 0 heterocycles. The van der Waals surface area contributed by atoms with Crippen molar-refractivity contribution < 1.29 is 14.4 Å². The van der Waals surface area contributed by atoms with Crippen molar-refractivity contribution in [3.8, 4) is 6.07 Å². The van der Waals surface area contributed by atoms with Crippen molar-refractivity contribution in [2.45, 2.75) is 45.6 Å². The standard InChI is InChI=1S/C13H18N4O3/c1-8(15-10-5-3-4-6-10)11(7-14)12(19)17-13(20)16-9(2)18/h10,15H,3-6H2,1-2H3,(H2,16,17,18,19,20)/b11-8-. The lowest BCUT2D eigenvalue weighted by atomic mass is 10.2. The second kappa shape index (κ2) is 7.28. The van der Waals surface area contributed by atoms with Crippen molar-refractivity contribution in [2.75, 3.05) is 0 Å². The van der Waals surface area contributed by atoms with Gasteiger partial charge in [-0.1, -0.05) is 12.8 Å². The first-order chi connectivity index (χ1) is 9.43. The van der Waals surface area contributed by atoms with Crippen LogP contribution < -0.4 is 16.0 Å². The van der Waals surface area contributed by atoms with Crippen LogP contribution in [-0.2, 0) is 9.59 Å². The van der Waals surface area contributed by atoms with Gasteiger partial charge in [-0.2, -0.15) is 5.26 Å². The number of urea groups is 1. The van der Waals surface area contributed by atoms with Gasteiger partial charge in [0.1, 0.15) is 11.6 Å². The molecule has 0 bridgehead atoms. The van der Waals surface area contributed by atoms with Gasteiger partial charge in [-0.3, -0.25) is 20.2 Å². The van der Waals surface area contributed by atoms with E-state index in [1.54, 1.807) is 13.0 Å². The summed E-state index contributed by atoms with van der Waals surface area (Å²) in [6.45, 7) is 2.78. The Hall–Kier alpha value is -2.36. The topological polar surface area (TPSA) is 111 Å². The molecule has 1 fully saturated rings. The number of hydrogen-bond acceptors (Lipinski definition) is 5. The van der Waals surface area contributed by atoms with Crippen LogP contribution in [0.25, 0.3) is 0 Å². The molecule has 0 radical (unpaired) electrons. The number of carbonyl (C=O) groups is 3. The molecule has 1 aliphatic carbocycles. The summed E-state index contributed by atoms with van der Waals surface area (Å²) in [4.78, 5) is 33.7. The molecule has 3 N–H and O–H groups in total. The van der Waals surface area contributed by atoms with Crippen LogP contribution in [0, 0.1) is 11.3 Å². The van der Waals surface area contributed by atoms with Crippen LogP contribution in [-0.4, -0.2) is 23.9 Å². The summed E-state index contributed by atoms with van der Waals surface area (Å²) in [5.74, 6) is -1.41. The Labute approximate surface area is 117 Å². The van der Waals surface area contributed by atoms with Crippen LogP contribution in [0.3, 0.4) is 0 Å². The Morgan fingerprint density at radius 1 is 1.10 bits per heavy atom. The smallest absolute Gasteiger partial charge is 0.328 e. The summed E-state index contributed by atoms with van der Waals surface area (Å²) in [7, 11) is 0. The molecular weight excluding hydrogens is 260 g/mol. The van der Waals surface area contributed by atoms with Crippen LogP contribution in [0.4, 0.5) is 4.79 Å². The van der Waals surface area contributed by atoms with E-state index in [4.69, 9.17) is 5.26 Å². The minimum atomic E-state index is -0.941. The van der Waals surface area contributed by atoms with E-state index in [-0.39, 0.29) is 11.6 Å². The van der Waals surface area contributed by atoms with Gasteiger partial charge in [-0.25, -0.2) is 4.79 Å². The maximum absolute atomic E-state index is 11.8. The molecule has 1 aliphatic rings. The number of hydrogen-bond donors (Lipinski definition) is 3.